The van der Waals surface area contributed by atoms with Crippen LogP contribution >= 0.6 is 34.7 Å². The number of amides is 1. The molecule has 1 aromatic carbocycles. The summed E-state index contributed by atoms with van der Waals surface area (Å²) in [6.45, 7) is 2.32. The third-order valence-corrected chi connectivity index (χ3v) is 5.71. The van der Waals surface area contributed by atoms with E-state index in [0.29, 0.717) is 28.1 Å². The quantitative estimate of drug-likeness (QED) is 0.496. The van der Waals surface area contributed by atoms with E-state index in [2.05, 4.69) is 15.5 Å². The maximum absolute atomic E-state index is 12.2. The molecule has 9 heteroatoms. The maximum atomic E-state index is 12.2. The zero-order chi connectivity index (χ0) is 17.8. The van der Waals surface area contributed by atoms with E-state index in [0.717, 1.165) is 4.88 Å². The SMILES string of the molecule is CC(Sc1nnc(-c2ccccc2Cl)n1N)C(=O)NCc1cccs1. The first kappa shape index (κ1) is 17.8. The normalized spacial score (nSPS) is 12.1. The molecule has 0 spiro atoms. The second-order valence-corrected chi connectivity index (χ2v) is 7.96. The number of carbonyl (C=O) groups is 1. The van der Waals surface area contributed by atoms with Gasteiger partial charge in [0.15, 0.2) is 5.82 Å². The number of nitrogens with two attached hydrogens (primary N) is 1. The van der Waals surface area contributed by atoms with Gasteiger partial charge in [-0.2, -0.15) is 0 Å². The molecule has 0 bridgehead atoms. The third-order valence-electron chi connectivity index (χ3n) is 3.45. The predicted octanol–water partition coefficient (Wildman–Crippen LogP) is 3.17. The highest BCUT2D eigenvalue weighted by Crippen LogP contribution is 2.28. The third kappa shape index (κ3) is 4.15. The number of hydrogen-bond acceptors (Lipinski definition) is 6. The molecule has 1 amide bonds. The zero-order valence-corrected chi connectivity index (χ0v) is 15.7. The molecule has 25 heavy (non-hydrogen) atoms. The second-order valence-electron chi connectivity index (χ2n) is 5.21. The van der Waals surface area contributed by atoms with Crippen LogP contribution in [0.25, 0.3) is 11.4 Å². The zero-order valence-electron chi connectivity index (χ0n) is 13.3. The molecule has 0 radical (unpaired) electrons. The molecular formula is C16H16ClN5OS2. The van der Waals surface area contributed by atoms with Crippen LogP contribution in [0.2, 0.25) is 5.02 Å². The summed E-state index contributed by atoms with van der Waals surface area (Å²) in [4.78, 5) is 13.3. The molecule has 6 nitrogen and oxygen atoms in total. The molecule has 3 rings (SSSR count). The number of nitrogens with one attached hydrogen (secondary N) is 1. The molecule has 1 atom stereocenters. The monoisotopic (exact) mass is 393 g/mol. The molecule has 1 unspecified atom stereocenters. The van der Waals surface area contributed by atoms with Gasteiger partial charge in [0.1, 0.15) is 0 Å². The van der Waals surface area contributed by atoms with Crippen LogP contribution < -0.4 is 11.2 Å². The van der Waals surface area contributed by atoms with Gasteiger partial charge in [0.25, 0.3) is 0 Å². The van der Waals surface area contributed by atoms with Crippen molar-refractivity contribution in [2.75, 3.05) is 5.84 Å². The highest BCUT2D eigenvalue weighted by Gasteiger charge is 2.20. The summed E-state index contributed by atoms with van der Waals surface area (Å²) >= 11 is 9.03. The molecule has 2 aromatic heterocycles. The minimum absolute atomic E-state index is 0.0827. The standard InChI is InChI=1S/C16H16ClN5OS2/c1-10(15(23)19-9-11-5-4-8-24-11)25-16-21-20-14(22(16)18)12-6-2-3-7-13(12)17/h2-8,10H,9,18H2,1H3,(H,19,23). The van der Waals surface area contributed by atoms with Crippen molar-refractivity contribution in [1.29, 1.82) is 0 Å². The number of nitrogens with zero attached hydrogens (tertiary/aromatic N) is 3. The van der Waals surface area contributed by atoms with Crippen molar-refractivity contribution < 1.29 is 4.79 Å². The smallest absolute Gasteiger partial charge is 0.233 e. The molecule has 0 aliphatic heterocycles. The van der Waals surface area contributed by atoms with E-state index in [1.165, 1.54) is 16.4 Å². The van der Waals surface area contributed by atoms with E-state index in [1.807, 2.05) is 35.7 Å². The average Bonchev–Trinajstić information content (AvgIpc) is 3.24. The second kappa shape index (κ2) is 7.90. The number of benzene rings is 1. The fourth-order valence-corrected chi connectivity index (χ4v) is 3.79. The van der Waals surface area contributed by atoms with Gasteiger partial charge < -0.3 is 11.2 Å². The molecular weight excluding hydrogens is 378 g/mol. The van der Waals surface area contributed by atoms with Crippen molar-refractivity contribution >= 4 is 40.6 Å². The Morgan fingerprint density at radius 2 is 2.16 bits per heavy atom. The number of hydrogen-bond donors (Lipinski definition) is 2. The van der Waals surface area contributed by atoms with E-state index >= 15 is 0 Å². The van der Waals surface area contributed by atoms with Crippen molar-refractivity contribution in [2.45, 2.75) is 23.9 Å². The van der Waals surface area contributed by atoms with E-state index in [1.54, 1.807) is 24.3 Å². The Morgan fingerprint density at radius 3 is 2.88 bits per heavy atom. The van der Waals surface area contributed by atoms with Crippen LogP contribution in [0.1, 0.15) is 11.8 Å². The Kier molecular flexibility index (Phi) is 5.62. The predicted molar refractivity (Wildman–Crippen MR) is 102 cm³/mol. The highest BCUT2D eigenvalue weighted by atomic mass is 35.5. The summed E-state index contributed by atoms with van der Waals surface area (Å²) in [5, 5.41) is 13.7. The summed E-state index contributed by atoms with van der Waals surface area (Å²) in [6.07, 6.45) is 0. The topological polar surface area (TPSA) is 85.8 Å². The lowest BCUT2D eigenvalue weighted by molar-refractivity contribution is -0.120. The van der Waals surface area contributed by atoms with Gasteiger partial charge in [-0.15, -0.1) is 21.5 Å². The average molecular weight is 394 g/mol. The molecule has 0 fully saturated rings. The van der Waals surface area contributed by atoms with Crippen LogP contribution in [0.15, 0.2) is 46.9 Å². The Hall–Kier alpha value is -2.03. The minimum Gasteiger partial charge on any atom is -0.350 e. The number of rotatable bonds is 6. The van der Waals surface area contributed by atoms with Crippen molar-refractivity contribution in [3.05, 3.63) is 51.7 Å². The van der Waals surface area contributed by atoms with Crippen molar-refractivity contribution in [2.24, 2.45) is 0 Å². The molecule has 0 aliphatic carbocycles. The van der Waals surface area contributed by atoms with Crippen LogP contribution in [0.5, 0.6) is 0 Å². The molecule has 0 aliphatic rings. The van der Waals surface area contributed by atoms with Crippen molar-refractivity contribution in [3.63, 3.8) is 0 Å². The molecule has 130 valence electrons. The van der Waals surface area contributed by atoms with Crippen molar-refractivity contribution in [3.8, 4) is 11.4 Å². The number of thiophene rings is 1. The Labute approximate surface area is 158 Å². The van der Waals surface area contributed by atoms with Crippen LogP contribution in [-0.4, -0.2) is 26.0 Å². The van der Waals surface area contributed by atoms with Crippen LogP contribution in [-0.2, 0) is 11.3 Å². The summed E-state index contributed by atoms with van der Waals surface area (Å²) in [7, 11) is 0. The maximum Gasteiger partial charge on any atom is 0.233 e. The molecule has 3 N–H and O–H groups in total. The van der Waals surface area contributed by atoms with Crippen molar-refractivity contribution in [1.82, 2.24) is 20.2 Å². The van der Waals surface area contributed by atoms with Gasteiger partial charge in [0.2, 0.25) is 11.1 Å². The minimum atomic E-state index is -0.356. The van der Waals surface area contributed by atoms with E-state index < -0.39 is 0 Å². The van der Waals surface area contributed by atoms with E-state index in [-0.39, 0.29) is 11.2 Å². The lowest BCUT2D eigenvalue weighted by atomic mass is 10.2. The summed E-state index contributed by atoms with van der Waals surface area (Å²) < 4.78 is 1.36. The summed E-state index contributed by atoms with van der Waals surface area (Å²) in [6, 6.07) is 11.2. The molecule has 2 heterocycles. The Balaban J connectivity index is 1.67. The molecule has 0 saturated carbocycles. The van der Waals surface area contributed by atoms with Gasteiger partial charge in [-0.1, -0.05) is 41.6 Å². The fourth-order valence-electron chi connectivity index (χ4n) is 2.13. The number of halogens is 1. The summed E-state index contributed by atoms with van der Waals surface area (Å²) in [5.41, 5.74) is 0.695. The van der Waals surface area contributed by atoms with Crippen LogP contribution in [0.3, 0.4) is 0 Å². The van der Waals surface area contributed by atoms with Gasteiger partial charge in [0, 0.05) is 10.4 Å². The highest BCUT2D eigenvalue weighted by molar-refractivity contribution is 8.00. The Bertz CT molecular complexity index is 865. The first-order valence-electron chi connectivity index (χ1n) is 7.48. The fraction of sp³-hybridized carbons (Fsp3) is 0.188. The first-order valence-corrected chi connectivity index (χ1v) is 9.62. The first-order chi connectivity index (χ1) is 12.1. The molecule has 3 aromatic rings. The van der Waals surface area contributed by atoms with Gasteiger partial charge in [-0.05, 0) is 30.5 Å². The van der Waals surface area contributed by atoms with Gasteiger partial charge in [-0.3, -0.25) is 4.79 Å². The molecule has 0 saturated heterocycles. The summed E-state index contributed by atoms with van der Waals surface area (Å²) in [5.74, 6) is 6.46. The number of thioether (sulfide) groups is 1. The largest absolute Gasteiger partial charge is 0.350 e. The van der Waals surface area contributed by atoms with Gasteiger partial charge >= 0.3 is 0 Å². The lowest BCUT2D eigenvalue weighted by Crippen LogP contribution is -2.30. The number of nitrogen functional groups attached to an aromatic ring is 1. The Morgan fingerprint density at radius 1 is 1.36 bits per heavy atom. The van der Waals surface area contributed by atoms with E-state index in [9.17, 15) is 4.79 Å². The van der Waals surface area contributed by atoms with Gasteiger partial charge in [0.05, 0.1) is 16.8 Å². The van der Waals surface area contributed by atoms with E-state index in [4.69, 9.17) is 17.4 Å². The van der Waals surface area contributed by atoms with Crippen LogP contribution in [0.4, 0.5) is 0 Å². The number of aromatic nitrogens is 3. The van der Waals surface area contributed by atoms with Crippen LogP contribution in [0, 0.1) is 0 Å². The number of carbonyl (C=O) groups excluding carboxylic acids is 1. The van der Waals surface area contributed by atoms with Gasteiger partial charge in [-0.25, -0.2) is 4.68 Å². The lowest BCUT2D eigenvalue weighted by Gasteiger charge is -2.11.